The molecule has 0 fully saturated rings. The van der Waals surface area contributed by atoms with E-state index in [2.05, 4.69) is 6.92 Å². The van der Waals surface area contributed by atoms with Crippen LogP contribution in [0.5, 0.6) is 0 Å². The van der Waals surface area contributed by atoms with Gasteiger partial charge < -0.3 is 4.43 Å². The molecule has 0 aromatic carbocycles. The number of rotatable bonds is 8. The molecule has 0 N–H and O–H groups in total. The quantitative estimate of drug-likeness (QED) is 0.348. The van der Waals surface area contributed by atoms with Gasteiger partial charge in [-0.1, -0.05) is 45.4 Å². The summed E-state index contributed by atoms with van der Waals surface area (Å²) in [5.74, 6) is 0. The van der Waals surface area contributed by atoms with Gasteiger partial charge in [0.2, 0.25) is 0 Å². The van der Waals surface area contributed by atoms with Crippen molar-refractivity contribution in [2.45, 2.75) is 51.5 Å². The molecule has 0 atom stereocenters. The van der Waals surface area contributed by atoms with Crippen LogP contribution in [0.25, 0.3) is 0 Å². The highest BCUT2D eigenvalue weighted by atomic mass is 35.7. The van der Waals surface area contributed by atoms with Crippen LogP contribution in [0.4, 0.5) is 0 Å². The molecule has 0 aliphatic rings. The SMILES string of the molecule is CCCCCCCC[Si](Cl)(Cl)OC. The molecule has 0 saturated heterocycles. The number of hydrogen-bond donors (Lipinski definition) is 0. The van der Waals surface area contributed by atoms with Gasteiger partial charge in [-0.05, 0) is 6.04 Å². The second kappa shape index (κ2) is 8.10. The first-order valence-corrected chi connectivity index (χ1v) is 9.19. The Hall–Kier alpha value is 0.757. The van der Waals surface area contributed by atoms with Crippen molar-refractivity contribution in [2.75, 3.05) is 7.11 Å². The molecule has 0 amide bonds. The van der Waals surface area contributed by atoms with Gasteiger partial charge in [-0.3, -0.25) is 0 Å². The Balaban J connectivity index is 3.16. The van der Waals surface area contributed by atoms with Crippen molar-refractivity contribution < 1.29 is 4.43 Å². The first-order chi connectivity index (χ1) is 6.12. The van der Waals surface area contributed by atoms with Crippen molar-refractivity contribution >= 4 is 29.1 Å². The summed E-state index contributed by atoms with van der Waals surface area (Å²) in [5.41, 5.74) is 0. The number of unbranched alkanes of at least 4 members (excludes halogenated alkanes) is 5. The zero-order chi connectivity index (χ0) is 10.2. The summed E-state index contributed by atoms with van der Waals surface area (Å²) in [6, 6.07) is 0.860. The Labute approximate surface area is 92.3 Å². The second-order valence-corrected chi connectivity index (χ2v) is 9.79. The van der Waals surface area contributed by atoms with Crippen LogP contribution in [0, 0.1) is 0 Å². The van der Waals surface area contributed by atoms with Crippen LogP contribution in [0.3, 0.4) is 0 Å². The lowest BCUT2D eigenvalue weighted by atomic mass is 10.1. The molecule has 4 heteroatoms. The maximum Gasteiger partial charge on any atom is 0.389 e. The molecule has 0 spiro atoms. The molecular weight excluding hydrogens is 223 g/mol. The fraction of sp³-hybridized carbons (Fsp3) is 1.00. The lowest BCUT2D eigenvalue weighted by Gasteiger charge is -2.13. The van der Waals surface area contributed by atoms with Crippen molar-refractivity contribution in [1.82, 2.24) is 0 Å². The van der Waals surface area contributed by atoms with Gasteiger partial charge in [0.1, 0.15) is 0 Å². The maximum atomic E-state index is 5.94. The summed E-state index contributed by atoms with van der Waals surface area (Å²) in [6.45, 7) is -0.0787. The van der Waals surface area contributed by atoms with Crippen LogP contribution in [0.1, 0.15) is 45.4 Å². The summed E-state index contributed by atoms with van der Waals surface area (Å²) in [6.07, 6.45) is 7.61. The van der Waals surface area contributed by atoms with Crippen molar-refractivity contribution in [1.29, 1.82) is 0 Å². The van der Waals surface area contributed by atoms with Gasteiger partial charge in [0, 0.05) is 7.11 Å². The highest BCUT2D eigenvalue weighted by Gasteiger charge is 2.27. The van der Waals surface area contributed by atoms with Gasteiger partial charge in [0.25, 0.3) is 0 Å². The van der Waals surface area contributed by atoms with E-state index >= 15 is 0 Å². The van der Waals surface area contributed by atoms with Crippen LogP contribution in [0.15, 0.2) is 0 Å². The van der Waals surface area contributed by atoms with E-state index in [9.17, 15) is 0 Å². The summed E-state index contributed by atoms with van der Waals surface area (Å²) in [5, 5.41) is 0. The smallest absolute Gasteiger partial charge is 0.389 e. The second-order valence-electron chi connectivity index (χ2n) is 3.36. The Morgan fingerprint density at radius 3 is 2.08 bits per heavy atom. The topological polar surface area (TPSA) is 9.23 Å². The molecule has 0 unspecified atom stereocenters. The molecule has 80 valence electrons. The molecule has 0 aliphatic carbocycles. The van der Waals surface area contributed by atoms with Crippen LogP contribution in [-0.4, -0.2) is 14.0 Å². The molecule has 0 rings (SSSR count). The van der Waals surface area contributed by atoms with Gasteiger partial charge in [-0.2, -0.15) is 0 Å². The van der Waals surface area contributed by atoms with E-state index in [1.807, 2.05) is 0 Å². The lowest BCUT2D eigenvalue weighted by Crippen LogP contribution is -2.21. The maximum absolute atomic E-state index is 5.94. The molecule has 0 aliphatic heterocycles. The predicted octanol–water partition coefficient (Wildman–Crippen LogP) is 4.41. The van der Waals surface area contributed by atoms with E-state index in [4.69, 9.17) is 26.6 Å². The monoisotopic (exact) mass is 242 g/mol. The molecule has 0 heterocycles. The Morgan fingerprint density at radius 2 is 1.54 bits per heavy atom. The van der Waals surface area contributed by atoms with E-state index in [1.54, 1.807) is 7.11 Å². The third-order valence-corrected chi connectivity index (χ3v) is 5.71. The highest BCUT2D eigenvalue weighted by Crippen LogP contribution is 2.24. The van der Waals surface area contributed by atoms with Crippen LogP contribution in [0.2, 0.25) is 6.04 Å². The predicted molar refractivity (Wildman–Crippen MR) is 62.7 cm³/mol. The van der Waals surface area contributed by atoms with Crippen LogP contribution < -0.4 is 0 Å². The zero-order valence-corrected chi connectivity index (χ0v) is 11.1. The zero-order valence-electron chi connectivity index (χ0n) is 8.61. The fourth-order valence-corrected chi connectivity index (χ4v) is 2.88. The summed E-state index contributed by atoms with van der Waals surface area (Å²) >= 11 is 11.9. The molecule has 0 bridgehead atoms. The summed E-state index contributed by atoms with van der Waals surface area (Å²) in [7, 11) is 1.60. The largest absolute Gasteiger partial charge is 0.396 e. The van der Waals surface area contributed by atoms with Gasteiger partial charge in [0.05, 0.1) is 0 Å². The van der Waals surface area contributed by atoms with E-state index in [0.717, 1.165) is 12.5 Å². The van der Waals surface area contributed by atoms with Crippen molar-refractivity contribution in [3.8, 4) is 0 Å². The molecule has 13 heavy (non-hydrogen) atoms. The van der Waals surface area contributed by atoms with E-state index in [-0.39, 0.29) is 0 Å². The van der Waals surface area contributed by atoms with E-state index < -0.39 is 6.94 Å². The molecule has 1 nitrogen and oxygen atoms in total. The standard InChI is InChI=1S/C9H20Cl2OSi/c1-3-4-5-6-7-8-9-13(10,11)12-2/h3-9H2,1-2H3. The minimum atomic E-state index is -2.30. The highest BCUT2D eigenvalue weighted by molar-refractivity contribution is 7.42. The first kappa shape index (κ1) is 13.8. The van der Waals surface area contributed by atoms with E-state index in [1.165, 1.54) is 32.1 Å². The van der Waals surface area contributed by atoms with Crippen molar-refractivity contribution in [3.05, 3.63) is 0 Å². The van der Waals surface area contributed by atoms with Gasteiger partial charge in [0.15, 0.2) is 0 Å². The van der Waals surface area contributed by atoms with Gasteiger partial charge in [-0.15, -0.1) is 22.2 Å². The average molecular weight is 243 g/mol. The Kier molecular flexibility index (Phi) is 8.57. The molecule has 0 aromatic rings. The minimum Gasteiger partial charge on any atom is -0.396 e. The van der Waals surface area contributed by atoms with Crippen molar-refractivity contribution in [3.63, 3.8) is 0 Å². The Morgan fingerprint density at radius 1 is 1.00 bits per heavy atom. The summed E-state index contributed by atoms with van der Waals surface area (Å²) < 4.78 is 5.04. The molecule has 0 aromatic heterocycles. The molecular formula is C9H20Cl2OSi. The summed E-state index contributed by atoms with van der Waals surface area (Å²) in [4.78, 5) is 0. The Bertz CT molecular complexity index is 120. The molecule has 0 radical (unpaired) electrons. The van der Waals surface area contributed by atoms with Gasteiger partial charge in [-0.25, -0.2) is 0 Å². The number of halogens is 2. The van der Waals surface area contributed by atoms with Crippen LogP contribution >= 0.6 is 22.2 Å². The third kappa shape index (κ3) is 9.07. The van der Waals surface area contributed by atoms with Crippen molar-refractivity contribution in [2.24, 2.45) is 0 Å². The fourth-order valence-electron chi connectivity index (χ4n) is 1.21. The number of hydrogen-bond acceptors (Lipinski definition) is 1. The average Bonchev–Trinajstić information content (AvgIpc) is 2.11. The van der Waals surface area contributed by atoms with Gasteiger partial charge >= 0.3 is 6.94 Å². The van der Waals surface area contributed by atoms with Crippen LogP contribution in [-0.2, 0) is 4.43 Å². The molecule has 0 saturated carbocycles. The van der Waals surface area contributed by atoms with E-state index in [0.29, 0.717) is 0 Å². The first-order valence-electron chi connectivity index (χ1n) is 5.05. The minimum absolute atomic E-state index is 0.860. The lowest BCUT2D eigenvalue weighted by molar-refractivity contribution is 0.424. The third-order valence-electron chi connectivity index (χ3n) is 2.12. The normalized spacial score (nSPS) is 12.0.